The summed E-state index contributed by atoms with van der Waals surface area (Å²) in [6, 6.07) is 0. The molecule has 1 atom stereocenters. The van der Waals surface area contributed by atoms with Gasteiger partial charge in [0.1, 0.15) is 6.61 Å². The molecular formula is C11H19O2. The Kier molecular flexibility index (Phi) is 4.26. The number of ether oxygens (including phenoxy) is 1. The smallest absolute Gasteiger partial charge is 0.309 e. The minimum Gasteiger partial charge on any atom is -0.459 e. The lowest BCUT2D eigenvalue weighted by Crippen LogP contribution is -2.22. The van der Waals surface area contributed by atoms with E-state index in [4.69, 9.17) is 4.74 Å². The lowest BCUT2D eigenvalue weighted by atomic mass is 9.89. The van der Waals surface area contributed by atoms with Crippen LogP contribution in [-0.2, 0) is 9.53 Å². The summed E-state index contributed by atoms with van der Waals surface area (Å²) < 4.78 is 4.94. The Labute approximate surface area is 80.7 Å². The highest BCUT2D eigenvalue weighted by Crippen LogP contribution is 2.33. The van der Waals surface area contributed by atoms with Crippen LogP contribution in [0.15, 0.2) is 0 Å². The van der Waals surface area contributed by atoms with Gasteiger partial charge >= 0.3 is 5.97 Å². The van der Waals surface area contributed by atoms with Gasteiger partial charge in [-0.15, -0.1) is 0 Å². The van der Waals surface area contributed by atoms with E-state index in [1.165, 1.54) is 32.3 Å². The van der Waals surface area contributed by atoms with E-state index in [0.717, 1.165) is 6.42 Å². The van der Waals surface area contributed by atoms with Crippen LogP contribution in [-0.4, -0.2) is 5.97 Å². The van der Waals surface area contributed by atoms with Gasteiger partial charge in [0, 0.05) is 0 Å². The number of hydrogen-bond acceptors (Lipinski definition) is 2. The van der Waals surface area contributed by atoms with Crippen LogP contribution in [0.1, 0.15) is 46.0 Å². The van der Waals surface area contributed by atoms with E-state index in [1.807, 2.05) is 0 Å². The second kappa shape index (κ2) is 5.25. The predicted octanol–water partition coefficient (Wildman–Crippen LogP) is 2.93. The van der Waals surface area contributed by atoms with Crippen LogP contribution in [0.25, 0.3) is 0 Å². The number of rotatable bonds is 4. The fourth-order valence-corrected chi connectivity index (χ4v) is 2.26. The van der Waals surface area contributed by atoms with Crippen LogP contribution < -0.4 is 0 Å². The molecule has 0 N–H and O–H groups in total. The first-order chi connectivity index (χ1) is 6.29. The van der Waals surface area contributed by atoms with Gasteiger partial charge in [-0.25, -0.2) is 0 Å². The maximum Gasteiger partial charge on any atom is 0.309 e. The molecule has 0 aromatic heterocycles. The van der Waals surface area contributed by atoms with Crippen LogP contribution in [0.3, 0.4) is 0 Å². The van der Waals surface area contributed by atoms with Gasteiger partial charge in [0.05, 0.1) is 5.92 Å². The van der Waals surface area contributed by atoms with Gasteiger partial charge in [-0.1, -0.05) is 19.8 Å². The van der Waals surface area contributed by atoms with E-state index >= 15 is 0 Å². The molecule has 0 bridgehead atoms. The molecule has 1 saturated carbocycles. The van der Waals surface area contributed by atoms with Crippen LogP contribution in [0.4, 0.5) is 0 Å². The van der Waals surface area contributed by atoms with Gasteiger partial charge in [0.15, 0.2) is 0 Å². The molecule has 2 nitrogen and oxygen atoms in total. The molecule has 2 heteroatoms. The Morgan fingerprint density at radius 3 is 2.62 bits per heavy atom. The molecule has 1 unspecified atom stereocenters. The fourth-order valence-electron chi connectivity index (χ4n) is 2.26. The maximum absolute atomic E-state index is 11.5. The summed E-state index contributed by atoms with van der Waals surface area (Å²) in [5.41, 5.74) is 0. The first kappa shape index (κ1) is 10.6. The molecule has 1 rings (SSSR count). The van der Waals surface area contributed by atoms with Crippen molar-refractivity contribution in [1.29, 1.82) is 0 Å². The molecule has 0 spiro atoms. The Bertz CT molecular complexity index is 159. The summed E-state index contributed by atoms with van der Waals surface area (Å²) >= 11 is 0. The molecular weight excluding hydrogens is 164 g/mol. The van der Waals surface area contributed by atoms with Gasteiger partial charge in [-0.3, -0.25) is 4.79 Å². The standard InChI is InChI=1S/C11H19O2/c1-3-10(11(12)13-4-2)9-7-5-6-8-9/h4,9-10H,3,5-8H2,1-2H3. The molecule has 0 amide bonds. The first-order valence-electron chi connectivity index (χ1n) is 5.28. The van der Waals surface area contributed by atoms with Crippen molar-refractivity contribution in [2.24, 2.45) is 11.8 Å². The second-order valence-electron chi connectivity index (χ2n) is 3.73. The van der Waals surface area contributed by atoms with Crippen molar-refractivity contribution in [1.82, 2.24) is 0 Å². The highest BCUT2D eigenvalue weighted by molar-refractivity contribution is 5.73. The zero-order valence-corrected chi connectivity index (χ0v) is 8.58. The average molecular weight is 183 g/mol. The molecule has 0 heterocycles. The fraction of sp³-hybridized carbons (Fsp3) is 0.818. The molecule has 1 aliphatic rings. The van der Waals surface area contributed by atoms with Crippen LogP contribution in [0.2, 0.25) is 0 Å². The van der Waals surface area contributed by atoms with Crippen molar-refractivity contribution >= 4 is 5.97 Å². The Morgan fingerprint density at radius 2 is 2.15 bits per heavy atom. The highest BCUT2D eigenvalue weighted by Gasteiger charge is 2.29. The monoisotopic (exact) mass is 183 g/mol. The summed E-state index contributed by atoms with van der Waals surface area (Å²) in [5.74, 6) is 0.688. The lowest BCUT2D eigenvalue weighted by molar-refractivity contribution is -0.146. The summed E-state index contributed by atoms with van der Waals surface area (Å²) in [7, 11) is 0. The van der Waals surface area contributed by atoms with E-state index in [1.54, 1.807) is 6.92 Å². The molecule has 13 heavy (non-hydrogen) atoms. The number of carbonyl (C=O) groups excluding carboxylic acids is 1. The van der Waals surface area contributed by atoms with E-state index in [2.05, 4.69) is 6.92 Å². The maximum atomic E-state index is 11.5. The first-order valence-corrected chi connectivity index (χ1v) is 5.28. The largest absolute Gasteiger partial charge is 0.459 e. The predicted molar refractivity (Wildman–Crippen MR) is 51.8 cm³/mol. The quantitative estimate of drug-likeness (QED) is 0.626. The average Bonchev–Trinajstić information content (AvgIpc) is 2.59. The third-order valence-corrected chi connectivity index (χ3v) is 2.95. The van der Waals surface area contributed by atoms with Gasteiger partial charge in [-0.05, 0) is 32.1 Å². The second-order valence-corrected chi connectivity index (χ2v) is 3.73. The zero-order valence-electron chi connectivity index (χ0n) is 8.58. The third-order valence-electron chi connectivity index (χ3n) is 2.95. The van der Waals surface area contributed by atoms with E-state index < -0.39 is 0 Å². The minimum atomic E-state index is -0.0306. The van der Waals surface area contributed by atoms with Crippen molar-refractivity contribution in [2.75, 3.05) is 0 Å². The molecule has 75 valence electrons. The van der Waals surface area contributed by atoms with Gasteiger partial charge < -0.3 is 4.74 Å². The number of hydrogen-bond donors (Lipinski definition) is 0. The molecule has 1 radical (unpaired) electrons. The minimum absolute atomic E-state index is 0.0306. The number of carbonyl (C=O) groups is 1. The van der Waals surface area contributed by atoms with Gasteiger partial charge in [-0.2, -0.15) is 0 Å². The summed E-state index contributed by atoms with van der Waals surface area (Å²) in [4.78, 5) is 11.5. The van der Waals surface area contributed by atoms with E-state index in [0.29, 0.717) is 5.92 Å². The van der Waals surface area contributed by atoms with Crippen molar-refractivity contribution < 1.29 is 9.53 Å². The van der Waals surface area contributed by atoms with Gasteiger partial charge in [0.2, 0.25) is 0 Å². The SMILES string of the molecule is C[CH]OC(=O)C(CC)C1CCCC1. The summed E-state index contributed by atoms with van der Waals surface area (Å²) in [6.07, 6.45) is 5.89. The Morgan fingerprint density at radius 1 is 1.54 bits per heavy atom. The van der Waals surface area contributed by atoms with Crippen molar-refractivity contribution in [3.8, 4) is 0 Å². The molecule has 0 aliphatic heterocycles. The molecule has 0 aromatic carbocycles. The molecule has 1 aliphatic carbocycles. The molecule has 0 aromatic rings. The Hall–Kier alpha value is -0.530. The normalized spacial score (nSPS) is 20.2. The lowest BCUT2D eigenvalue weighted by Gasteiger charge is -2.19. The topological polar surface area (TPSA) is 26.3 Å². The summed E-state index contributed by atoms with van der Waals surface area (Å²) in [5, 5.41) is 0. The van der Waals surface area contributed by atoms with Crippen molar-refractivity contribution in [2.45, 2.75) is 46.0 Å². The molecule has 1 fully saturated rings. The van der Waals surface area contributed by atoms with Crippen molar-refractivity contribution in [3.05, 3.63) is 6.61 Å². The van der Waals surface area contributed by atoms with E-state index in [9.17, 15) is 4.79 Å². The Balaban J connectivity index is 2.44. The van der Waals surface area contributed by atoms with Crippen LogP contribution in [0, 0.1) is 18.4 Å². The number of esters is 1. The van der Waals surface area contributed by atoms with Gasteiger partial charge in [0.25, 0.3) is 0 Å². The highest BCUT2D eigenvalue weighted by atomic mass is 16.5. The van der Waals surface area contributed by atoms with Crippen LogP contribution >= 0.6 is 0 Å². The van der Waals surface area contributed by atoms with Crippen LogP contribution in [0.5, 0.6) is 0 Å². The van der Waals surface area contributed by atoms with Crippen molar-refractivity contribution in [3.63, 3.8) is 0 Å². The molecule has 0 saturated heterocycles. The summed E-state index contributed by atoms with van der Waals surface area (Å²) in [6.45, 7) is 5.30. The third kappa shape index (κ3) is 2.71. The van der Waals surface area contributed by atoms with E-state index in [-0.39, 0.29) is 11.9 Å². The zero-order chi connectivity index (χ0) is 9.68.